The normalized spacial score (nSPS) is 17.1. The molecule has 6 rings (SSSR count). The highest BCUT2D eigenvalue weighted by molar-refractivity contribution is 5.95. The summed E-state index contributed by atoms with van der Waals surface area (Å²) in [6.45, 7) is 4.63. The summed E-state index contributed by atoms with van der Waals surface area (Å²) >= 11 is 0. The van der Waals surface area contributed by atoms with Crippen LogP contribution in [0.3, 0.4) is 0 Å². The predicted octanol–water partition coefficient (Wildman–Crippen LogP) is 5.28. The zero-order valence-corrected chi connectivity index (χ0v) is 20.0. The van der Waals surface area contributed by atoms with E-state index >= 15 is 0 Å². The van der Waals surface area contributed by atoms with Gasteiger partial charge in [-0.25, -0.2) is 4.98 Å². The summed E-state index contributed by atoms with van der Waals surface area (Å²) in [5.74, 6) is 0.273. The number of nitrogens with zero attached hydrogens (tertiary/aromatic N) is 3. The Morgan fingerprint density at radius 2 is 1.97 bits per heavy atom. The molecule has 5 heterocycles. The van der Waals surface area contributed by atoms with Gasteiger partial charge in [0, 0.05) is 66.1 Å². The van der Waals surface area contributed by atoms with Crippen LogP contribution in [0.25, 0.3) is 27.5 Å². The number of amides is 1. The van der Waals surface area contributed by atoms with E-state index in [1.165, 1.54) is 30.2 Å². The number of aromatic nitrogens is 3. The molecule has 180 valence electrons. The first kappa shape index (κ1) is 21.9. The van der Waals surface area contributed by atoms with Gasteiger partial charge in [-0.2, -0.15) is 0 Å². The number of benzene rings is 1. The average Bonchev–Trinajstić information content (AvgIpc) is 3.55. The van der Waals surface area contributed by atoms with Crippen LogP contribution in [0.4, 0.5) is 11.4 Å². The van der Waals surface area contributed by atoms with E-state index in [1.54, 1.807) is 0 Å². The van der Waals surface area contributed by atoms with Gasteiger partial charge in [0.2, 0.25) is 5.91 Å². The molecule has 0 unspecified atom stereocenters. The fraction of sp³-hybridized carbons (Fsp3) is 0.357. The Morgan fingerprint density at radius 1 is 1.06 bits per heavy atom. The lowest BCUT2D eigenvalue weighted by Gasteiger charge is -2.29. The second-order valence-electron chi connectivity index (χ2n) is 9.68. The third-order valence-corrected chi connectivity index (χ3v) is 7.36. The summed E-state index contributed by atoms with van der Waals surface area (Å²) in [6.07, 6.45) is 11.3. The van der Waals surface area contributed by atoms with Gasteiger partial charge in [-0.15, -0.1) is 0 Å². The van der Waals surface area contributed by atoms with E-state index in [1.807, 2.05) is 23.4 Å². The minimum Gasteiger partial charge on any atom is -0.361 e. The molecule has 0 bridgehead atoms. The predicted molar refractivity (Wildman–Crippen MR) is 142 cm³/mol. The number of anilines is 2. The smallest absolute Gasteiger partial charge is 0.224 e. The van der Waals surface area contributed by atoms with Crippen LogP contribution in [0.2, 0.25) is 0 Å². The molecule has 3 N–H and O–H groups in total. The number of rotatable bonds is 6. The van der Waals surface area contributed by atoms with Crippen molar-refractivity contribution in [3.8, 4) is 0 Å². The van der Waals surface area contributed by atoms with Crippen LogP contribution in [0.5, 0.6) is 0 Å². The van der Waals surface area contributed by atoms with E-state index in [4.69, 9.17) is 0 Å². The highest BCUT2D eigenvalue weighted by atomic mass is 16.2. The first-order valence-corrected chi connectivity index (χ1v) is 12.7. The number of carbonyl (C=O) groups excluding carboxylic acids is 1. The van der Waals surface area contributed by atoms with Crippen LogP contribution >= 0.6 is 0 Å². The van der Waals surface area contributed by atoms with Crippen LogP contribution in [0.15, 0.2) is 54.9 Å². The number of likely N-dealkylation sites (tertiary alicyclic amines) is 1. The summed E-state index contributed by atoms with van der Waals surface area (Å²) in [6, 6.07) is 12.6. The molecule has 7 heteroatoms. The Hall–Kier alpha value is -3.58. The number of H-pyrrole nitrogens is 2. The van der Waals surface area contributed by atoms with E-state index in [0.29, 0.717) is 13.0 Å². The summed E-state index contributed by atoms with van der Waals surface area (Å²) < 4.78 is 0. The summed E-state index contributed by atoms with van der Waals surface area (Å²) in [5.41, 5.74) is 6.41. The van der Waals surface area contributed by atoms with E-state index in [0.717, 1.165) is 66.2 Å². The van der Waals surface area contributed by atoms with Gasteiger partial charge >= 0.3 is 0 Å². The number of hydrogen-bond donors (Lipinski definition) is 3. The lowest BCUT2D eigenvalue weighted by Crippen LogP contribution is -2.38. The molecule has 2 aliphatic rings. The third-order valence-electron chi connectivity index (χ3n) is 7.36. The number of carbonyl (C=O) groups is 1. The lowest BCUT2D eigenvalue weighted by molar-refractivity contribution is -0.131. The molecule has 4 aromatic rings. The zero-order chi connectivity index (χ0) is 23.6. The van der Waals surface area contributed by atoms with E-state index < -0.39 is 0 Å². The van der Waals surface area contributed by atoms with Crippen molar-refractivity contribution in [2.45, 2.75) is 32.1 Å². The molecule has 35 heavy (non-hydrogen) atoms. The van der Waals surface area contributed by atoms with Crippen LogP contribution in [-0.2, 0) is 4.79 Å². The molecule has 2 aliphatic heterocycles. The van der Waals surface area contributed by atoms with Crippen LogP contribution in [-0.4, -0.2) is 63.4 Å². The first-order valence-electron chi connectivity index (χ1n) is 12.7. The number of pyridine rings is 1. The number of fused-ring (bicyclic) bond motifs is 2. The molecule has 0 radical (unpaired) electrons. The fourth-order valence-corrected chi connectivity index (χ4v) is 5.33. The Balaban J connectivity index is 1.14. The molecule has 0 aliphatic carbocycles. The maximum atomic E-state index is 12.7. The van der Waals surface area contributed by atoms with Crippen molar-refractivity contribution in [1.29, 1.82) is 0 Å². The Morgan fingerprint density at radius 3 is 2.83 bits per heavy atom. The quantitative estimate of drug-likeness (QED) is 0.360. The molecular formula is C28H32N6O. The van der Waals surface area contributed by atoms with Crippen molar-refractivity contribution in [2.24, 2.45) is 0 Å². The number of piperidine rings is 1. The first-order chi connectivity index (χ1) is 17.2. The SMILES string of the molecule is O=C(CCN1CCCCC1)N1CC=C(c2cc3c(Nc4ccc5[nH]ccc5c4)ccnc3[nH]2)CC1. The van der Waals surface area contributed by atoms with Crippen molar-refractivity contribution >= 4 is 44.8 Å². The van der Waals surface area contributed by atoms with Crippen molar-refractivity contribution < 1.29 is 4.79 Å². The standard InChI is InChI=1S/C28H32N6O/c35-27(10-15-33-13-2-1-3-14-33)34-16-8-20(9-17-34)26-19-23-25(7-12-30-28(23)32-26)31-22-4-5-24-21(18-22)6-11-29-24/h4-8,11-12,18-19,29H,1-3,9-10,13-17H2,(H2,30,31,32). The zero-order valence-electron chi connectivity index (χ0n) is 20.0. The number of nitrogens with one attached hydrogen (secondary N) is 3. The maximum Gasteiger partial charge on any atom is 0.224 e. The average molecular weight is 469 g/mol. The molecule has 0 spiro atoms. The van der Waals surface area contributed by atoms with Gasteiger partial charge in [0.1, 0.15) is 5.65 Å². The fourth-order valence-electron chi connectivity index (χ4n) is 5.33. The van der Waals surface area contributed by atoms with Crippen LogP contribution in [0, 0.1) is 0 Å². The van der Waals surface area contributed by atoms with Crippen molar-refractivity contribution in [3.63, 3.8) is 0 Å². The van der Waals surface area contributed by atoms with Crippen molar-refractivity contribution in [3.05, 3.63) is 60.6 Å². The monoisotopic (exact) mass is 468 g/mol. The second kappa shape index (κ2) is 9.58. The molecule has 1 saturated heterocycles. The minimum absolute atomic E-state index is 0.273. The van der Waals surface area contributed by atoms with Gasteiger partial charge in [0.05, 0.1) is 5.69 Å². The van der Waals surface area contributed by atoms with Gasteiger partial charge in [-0.05, 0) is 74.3 Å². The summed E-state index contributed by atoms with van der Waals surface area (Å²) in [4.78, 5) is 28.5. The van der Waals surface area contributed by atoms with E-state index in [2.05, 4.69) is 61.6 Å². The van der Waals surface area contributed by atoms with E-state index in [-0.39, 0.29) is 5.91 Å². The number of hydrogen-bond acceptors (Lipinski definition) is 4. The topological polar surface area (TPSA) is 80.1 Å². The van der Waals surface area contributed by atoms with Gasteiger partial charge < -0.3 is 25.1 Å². The molecule has 1 aromatic carbocycles. The second-order valence-corrected chi connectivity index (χ2v) is 9.68. The van der Waals surface area contributed by atoms with Gasteiger partial charge in [0.25, 0.3) is 0 Å². The maximum absolute atomic E-state index is 12.7. The summed E-state index contributed by atoms with van der Waals surface area (Å²) in [5, 5.41) is 5.80. The highest BCUT2D eigenvalue weighted by Gasteiger charge is 2.20. The molecule has 0 saturated carbocycles. The van der Waals surface area contributed by atoms with Crippen LogP contribution < -0.4 is 5.32 Å². The molecule has 3 aromatic heterocycles. The largest absolute Gasteiger partial charge is 0.361 e. The summed E-state index contributed by atoms with van der Waals surface area (Å²) in [7, 11) is 0. The molecule has 1 fully saturated rings. The van der Waals surface area contributed by atoms with E-state index in [9.17, 15) is 4.79 Å². The molecular weight excluding hydrogens is 436 g/mol. The van der Waals surface area contributed by atoms with Gasteiger partial charge in [-0.3, -0.25) is 4.79 Å². The molecule has 1 amide bonds. The van der Waals surface area contributed by atoms with Crippen molar-refractivity contribution in [1.82, 2.24) is 24.8 Å². The Kier molecular flexibility index (Phi) is 6.00. The Labute approximate surface area is 205 Å². The minimum atomic E-state index is 0.273. The molecule has 0 atom stereocenters. The highest BCUT2D eigenvalue weighted by Crippen LogP contribution is 2.31. The third kappa shape index (κ3) is 4.68. The number of aromatic amines is 2. The Bertz CT molecular complexity index is 1380. The molecule has 7 nitrogen and oxygen atoms in total. The van der Waals surface area contributed by atoms with Crippen molar-refractivity contribution in [2.75, 3.05) is 38.0 Å². The lowest BCUT2D eigenvalue weighted by atomic mass is 10.0. The van der Waals surface area contributed by atoms with Gasteiger partial charge in [-0.1, -0.05) is 12.5 Å². The van der Waals surface area contributed by atoms with Gasteiger partial charge in [0.15, 0.2) is 0 Å². The van der Waals surface area contributed by atoms with Crippen LogP contribution in [0.1, 0.15) is 37.8 Å².